The van der Waals surface area contributed by atoms with E-state index in [0.717, 1.165) is 11.3 Å². The van der Waals surface area contributed by atoms with Crippen LogP contribution >= 0.6 is 0 Å². The van der Waals surface area contributed by atoms with Gasteiger partial charge in [0.1, 0.15) is 0 Å². The van der Waals surface area contributed by atoms with Crippen LogP contribution in [-0.4, -0.2) is 10.9 Å². The molecule has 1 N–H and O–H groups in total. The molecule has 14 heavy (non-hydrogen) atoms. The molecule has 1 heterocycles. The number of nitrogens with zero attached hydrogens (tertiary/aromatic N) is 1. The predicted molar refractivity (Wildman–Crippen MR) is 55.6 cm³/mol. The smallest absolute Gasteiger partial charge is 0.238 e. The molecule has 0 radical (unpaired) electrons. The number of hydrogen-bond donors (Lipinski definition) is 1. The predicted octanol–water partition coefficient (Wildman–Crippen LogP) is 2.11. The molecule has 3 nitrogen and oxygen atoms in total. The molecule has 1 amide bonds. The third-order valence-corrected chi connectivity index (χ3v) is 2.69. The molecule has 1 aliphatic rings. The zero-order valence-corrected chi connectivity index (χ0v) is 8.66. The summed E-state index contributed by atoms with van der Waals surface area (Å²) in [6, 6.07) is 7.99. The number of rotatable bonds is 0. The Morgan fingerprint density at radius 3 is 2.57 bits per heavy atom. The summed E-state index contributed by atoms with van der Waals surface area (Å²) in [6.45, 7) is 5.64. The van der Waals surface area contributed by atoms with Crippen molar-refractivity contribution in [3.05, 3.63) is 29.8 Å². The first-order valence-corrected chi connectivity index (χ1v) is 4.70. The fourth-order valence-electron chi connectivity index (χ4n) is 1.97. The van der Waals surface area contributed by atoms with Gasteiger partial charge in [-0.3, -0.25) is 10.2 Å². The lowest BCUT2D eigenvalue weighted by molar-refractivity contribution is -0.131. The fourth-order valence-corrected chi connectivity index (χ4v) is 1.97. The molecule has 1 aromatic carbocycles. The van der Waals surface area contributed by atoms with Crippen molar-refractivity contribution in [3.63, 3.8) is 0 Å². The molecule has 0 bridgehead atoms. The molecule has 0 aliphatic carbocycles. The minimum atomic E-state index is -0.261. The first-order chi connectivity index (χ1) is 6.53. The van der Waals surface area contributed by atoms with Gasteiger partial charge in [0.15, 0.2) is 0 Å². The second-order valence-electron chi connectivity index (χ2n) is 4.07. The van der Waals surface area contributed by atoms with Crippen molar-refractivity contribution in [1.82, 2.24) is 5.01 Å². The van der Waals surface area contributed by atoms with E-state index in [1.165, 1.54) is 0 Å². The summed E-state index contributed by atoms with van der Waals surface area (Å²) in [7, 11) is 0. The summed E-state index contributed by atoms with van der Waals surface area (Å²) in [5, 5.41) is 1.66. The number of benzene rings is 1. The number of nitrogens with one attached hydrogen (secondary N) is 1. The number of amides is 1. The number of carbonyl (C=O) groups excluding carboxylic acids is 1. The maximum atomic E-state index is 11.4. The van der Waals surface area contributed by atoms with E-state index >= 15 is 0 Å². The van der Waals surface area contributed by atoms with Crippen LogP contribution in [0.5, 0.6) is 0 Å². The quantitative estimate of drug-likeness (QED) is 0.679. The molecule has 0 saturated heterocycles. The Balaban J connectivity index is 2.50. The molecule has 0 unspecified atom stereocenters. The molecule has 0 saturated carbocycles. The molecule has 0 aromatic heterocycles. The number of fused-ring (bicyclic) bond motifs is 1. The zero-order valence-electron chi connectivity index (χ0n) is 8.66. The number of anilines is 1. The molecule has 0 spiro atoms. The third-order valence-electron chi connectivity index (χ3n) is 2.69. The highest BCUT2D eigenvalue weighted by atomic mass is 16.2. The van der Waals surface area contributed by atoms with E-state index in [0.29, 0.717) is 0 Å². The maximum absolute atomic E-state index is 11.4. The average Bonchev–Trinajstić information content (AvgIpc) is 2.39. The monoisotopic (exact) mass is 190 g/mol. The summed E-state index contributed by atoms with van der Waals surface area (Å²) in [5.74, 6) is 0.0335. The van der Waals surface area contributed by atoms with Gasteiger partial charge < -0.3 is 0 Å². The molecule has 0 fully saturated rings. The van der Waals surface area contributed by atoms with Crippen molar-refractivity contribution < 1.29 is 4.79 Å². The molecule has 74 valence electrons. The summed E-state index contributed by atoms with van der Waals surface area (Å²) in [6.07, 6.45) is 0. The summed E-state index contributed by atoms with van der Waals surface area (Å²) in [4.78, 5) is 11.4. The lowest BCUT2D eigenvalue weighted by atomic mass is 9.94. The largest absolute Gasteiger partial charge is 0.295 e. The van der Waals surface area contributed by atoms with Gasteiger partial charge in [0.05, 0.1) is 11.2 Å². The molecule has 1 aliphatic heterocycles. The van der Waals surface area contributed by atoms with Gasteiger partial charge in [0.25, 0.3) is 0 Å². The normalized spacial score (nSPS) is 17.5. The van der Waals surface area contributed by atoms with Gasteiger partial charge in [-0.2, -0.15) is 0 Å². The highest BCUT2D eigenvalue weighted by Crippen LogP contribution is 2.39. The van der Waals surface area contributed by atoms with Gasteiger partial charge >= 0.3 is 0 Å². The minimum Gasteiger partial charge on any atom is -0.295 e. The highest BCUT2D eigenvalue weighted by molar-refractivity contribution is 5.79. The third kappa shape index (κ3) is 1.09. The van der Waals surface area contributed by atoms with Crippen LogP contribution in [0.15, 0.2) is 24.3 Å². The van der Waals surface area contributed by atoms with E-state index in [9.17, 15) is 4.79 Å². The van der Waals surface area contributed by atoms with E-state index in [4.69, 9.17) is 0 Å². The van der Waals surface area contributed by atoms with Gasteiger partial charge in [-0.15, -0.1) is 0 Å². The van der Waals surface area contributed by atoms with Crippen molar-refractivity contribution in [2.24, 2.45) is 0 Å². The number of carbonyl (C=O) groups is 1. The standard InChI is InChI=1S/C11H14N2O/c1-8(14)13-11(2,3)9-6-4-5-7-10(9)12-13/h4-7,12H,1-3H3. The van der Waals surface area contributed by atoms with Gasteiger partial charge in [0.2, 0.25) is 5.91 Å². The first-order valence-electron chi connectivity index (χ1n) is 4.70. The van der Waals surface area contributed by atoms with E-state index in [2.05, 4.69) is 5.43 Å². The van der Waals surface area contributed by atoms with E-state index < -0.39 is 0 Å². The van der Waals surface area contributed by atoms with Crippen molar-refractivity contribution in [2.75, 3.05) is 5.43 Å². The minimum absolute atomic E-state index is 0.0335. The van der Waals surface area contributed by atoms with Gasteiger partial charge in [0, 0.05) is 12.5 Å². The lowest BCUT2D eigenvalue weighted by Crippen LogP contribution is -2.42. The van der Waals surface area contributed by atoms with Crippen LogP contribution in [-0.2, 0) is 10.3 Å². The van der Waals surface area contributed by atoms with Gasteiger partial charge in [-0.1, -0.05) is 18.2 Å². The molecular formula is C11H14N2O. The van der Waals surface area contributed by atoms with Crippen molar-refractivity contribution in [1.29, 1.82) is 0 Å². The molecular weight excluding hydrogens is 176 g/mol. The topological polar surface area (TPSA) is 32.3 Å². The highest BCUT2D eigenvalue weighted by Gasteiger charge is 2.38. The van der Waals surface area contributed by atoms with Crippen molar-refractivity contribution >= 4 is 11.6 Å². The van der Waals surface area contributed by atoms with E-state index in [-0.39, 0.29) is 11.4 Å². The zero-order chi connectivity index (χ0) is 10.3. The molecule has 1 aromatic rings. The lowest BCUT2D eigenvalue weighted by Gasteiger charge is -2.30. The summed E-state index contributed by atoms with van der Waals surface area (Å²) >= 11 is 0. The van der Waals surface area contributed by atoms with Crippen LogP contribution in [0.2, 0.25) is 0 Å². The number of hydrogen-bond acceptors (Lipinski definition) is 2. The van der Waals surface area contributed by atoms with Crippen molar-refractivity contribution in [3.8, 4) is 0 Å². The fraction of sp³-hybridized carbons (Fsp3) is 0.364. The Hall–Kier alpha value is -1.51. The SMILES string of the molecule is CC(=O)N1Nc2ccccc2C1(C)C. The van der Waals surface area contributed by atoms with Crippen LogP contribution < -0.4 is 5.43 Å². The van der Waals surface area contributed by atoms with Crippen LogP contribution in [0, 0.1) is 0 Å². The van der Waals surface area contributed by atoms with Crippen LogP contribution in [0.1, 0.15) is 26.3 Å². The van der Waals surface area contributed by atoms with E-state index in [1.54, 1.807) is 11.9 Å². The number of para-hydroxylation sites is 1. The average molecular weight is 190 g/mol. The van der Waals surface area contributed by atoms with E-state index in [1.807, 2.05) is 38.1 Å². The van der Waals surface area contributed by atoms with Gasteiger partial charge in [-0.05, 0) is 19.9 Å². The van der Waals surface area contributed by atoms with Gasteiger partial charge in [-0.25, -0.2) is 5.01 Å². The Morgan fingerprint density at radius 2 is 2.00 bits per heavy atom. The first kappa shape index (κ1) is 9.06. The summed E-state index contributed by atoms with van der Waals surface area (Å²) in [5.41, 5.74) is 5.03. The molecule has 2 rings (SSSR count). The second kappa shape index (κ2) is 2.74. The molecule has 0 atom stereocenters. The maximum Gasteiger partial charge on any atom is 0.238 e. The Morgan fingerprint density at radius 1 is 1.36 bits per heavy atom. The Kier molecular flexibility index (Phi) is 1.77. The second-order valence-corrected chi connectivity index (χ2v) is 4.07. The molecule has 3 heteroatoms. The summed E-state index contributed by atoms with van der Waals surface area (Å²) < 4.78 is 0. The van der Waals surface area contributed by atoms with Crippen LogP contribution in [0.25, 0.3) is 0 Å². The van der Waals surface area contributed by atoms with Crippen LogP contribution in [0.4, 0.5) is 5.69 Å². The Labute approximate surface area is 83.7 Å². The van der Waals surface area contributed by atoms with Crippen LogP contribution in [0.3, 0.4) is 0 Å². The Bertz CT molecular complexity index is 385. The number of hydrazine groups is 1. The van der Waals surface area contributed by atoms with Crippen molar-refractivity contribution in [2.45, 2.75) is 26.3 Å².